The number of hydrogen-bond donors (Lipinski definition) is 2. The number of nitrogens with zero attached hydrogens (tertiary/aromatic N) is 2. The summed E-state index contributed by atoms with van der Waals surface area (Å²) >= 11 is 5.74. The number of benzene rings is 1. The van der Waals surface area contributed by atoms with E-state index in [1.165, 1.54) is 23.4 Å². The average Bonchev–Trinajstić information content (AvgIpc) is 2.55. The molecule has 0 spiro atoms. The van der Waals surface area contributed by atoms with Gasteiger partial charge >= 0.3 is 0 Å². The quantitative estimate of drug-likeness (QED) is 0.869. The first-order chi connectivity index (χ1) is 11.5. The molecule has 6 nitrogen and oxygen atoms in total. The van der Waals surface area contributed by atoms with Gasteiger partial charge in [-0.25, -0.2) is 4.39 Å². The van der Waals surface area contributed by atoms with Crippen molar-refractivity contribution in [1.29, 1.82) is 0 Å². The molecule has 2 atom stereocenters. The van der Waals surface area contributed by atoms with Gasteiger partial charge < -0.3 is 10.2 Å². The van der Waals surface area contributed by atoms with Gasteiger partial charge in [0.05, 0.1) is 6.04 Å². The molecule has 0 aromatic heterocycles. The number of carbonyl (C=O) groups is 1. The lowest BCUT2D eigenvalue weighted by atomic mass is 9.94. The summed E-state index contributed by atoms with van der Waals surface area (Å²) in [6.45, 7) is 0. The van der Waals surface area contributed by atoms with Crippen molar-refractivity contribution in [3.63, 3.8) is 0 Å². The van der Waals surface area contributed by atoms with Crippen molar-refractivity contribution < 1.29 is 14.0 Å². The Bertz CT molecular complexity index is 695. The third-order valence-corrected chi connectivity index (χ3v) is 4.15. The minimum Gasteiger partial charge on any atom is -0.372 e. The topological polar surface area (TPSA) is 79.9 Å². The predicted molar refractivity (Wildman–Crippen MR) is 88.8 cm³/mol. The summed E-state index contributed by atoms with van der Waals surface area (Å²) in [5.74, 6) is -0.0325. The first-order valence-corrected chi connectivity index (χ1v) is 8.13. The summed E-state index contributed by atoms with van der Waals surface area (Å²) in [5.41, 5.74) is 5.93. The zero-order valence-electron chi connectivity index (χ0n) is 12.9. The second-order valence-corrected chi connectivity index (χ2v) is 6.10. The van der Waals surface area contributed by atoms with E-state index in [1.54, 1.807) is 6.08 Å². The van der Waals surface area contributed by atoms with Crippen LogP contribution < -0.4 is 15.9 Å². The number of rotatable bonds is 4. The standard InChI is InChI=1S/C16H18ClFN4O2/c17-10-5-6-14(11(18)9-10)24-22-15(7-8-20-16(22)19)21-12-3-1-2-4-13(12)23/h5-9,12,16,21H,1-4,19H2. The number of hydroxylamine groups is 2. The van der Waals surface area contributed by atoms with Crippen LogP contribution in [0.4, 0.5) is 4.39 Å². The number of hydrogen-bond acceptors (Lipinski definition) is 6. The first-order valence-electron chi connectivity index (χ1n) is 7.75. The SMILES string of the molecule is NC1N=CC=C(NC2CCCCC2=O)N1Oc1ccc(Cl)cc1F. The lowest BCUT2D eigenvalue weighted by Crippen LogP contribution is -2.51. The molecule has 0 radical (unpaired) electrons. The Balaban J connectivity index is 1.77. The monoisotopic (exact) mass is 352 g/mol. The molecule has 3 N–H and O–H groups in total. The molecule has 1 aromatic rings. The number of nitrogens with two attached hydrogens (primary N) is 1. The average molecular weight is 353 g/mol. The number of ketones is 1. The molecule has 1 aromatic carbocycles. The number of carbonyl (C=O) groups excluding carboxylic acids is 1. The summed E-state index contributed by atoms with van der Waals surface area (Å²) in [4.78, 5) is 21.6. The highest BCUT2D eigenvalue weighted by molar-refractivity contribution is 6.30. The Labute approximate surface area is 144 Å². The van der Waals surface area contributed by atoms with Crippen molar-refractivity contribution in [1.82, 2.24) is 10.4 Å². The van der Waals surface area contributed by atoms with E-state index >= 15 is 0 Å². The molecule has 24 heavy (non-hydrogen) atoms. The Morgan fingerprint density at radius 3 is 3.00 bits per heavy atom. The molecule has 0 amide bonds. The zero-order valence-corrected chi connectivity index (χ0v) is 13.7. The maximum Gasteiger partial charge on any atom is 0.208 e. The van der Waals surface area contributed by atoms with Gasteiger partial charge in [-0.2, -0.15) is 5.06 Å². The highest BCUT2D eigenvalue weighted by Crippen LogP contribution is 2.25. The molecular weight excluding hydrogens is 335 g/mol. The maximum atomic E-state index is 14.0. The van der Waals surface area contributed by atoms with Gasteiger partial charge in [0.2, 0.25) is 6.29 Å². The number of allylic oxidation sites excluding steroid dienone is 1. The summed E-state index contributed by atoms with van der Waals surface area (Å²) in [5, 5.41) is 4.64. The normalized spacial score (nSPS) is 23.9. The van der Waals surface area contributed by atoms with Gasteiger partial charge in [-0.3, -0.25) is 15.5 Å². The van der Waals surface area contributed by atoms with E-state index in [-0.39, 0.29) is 22.6 Å². The van der Waals surface area contributed by atoms with Gasteiger partial charge in [0.25, 0.3) is 0 Å². The van der Waals surface area contributed by atoms with Crippen molar-refractivity contribution in [2.75, 3.05) is 0 Å². The Morgan fingerprint density at radius 1 is 1.42 bits per heavy atom. The Hall–Kier alpha value is -2.12. The molecule has 1 heterocycles. The minimum atomic E-state index is -0.855. The summed E-state index contributed by atoms with van der Waals surface area (Å²) < 4.78 is 14.0. The zero-order chi connectivity index (χ0) is 17.1. The molecular formula is C16H18ClFN4O2. The van der Waals surface area contributed by atoms with Crippen LogP contribution in [0.25, 0.3) is 0 Å². The van der Waals surface area contributed by atoms with Gasteiger partial charge in [0, 0.05) is 17.7 Å². The second kappa shape index (κ2) is 7.19. The van der Waals surface area contributed by atoms with E-state index in [2.05, 4.69) is 10.3 Å². The van der Waals surface area contributed by atoms with E-state index < -0.39 is 12.1 Å². The summed E-state index contributed by atoms with van der Waals surface area (Å²) in [6, 6.07) is 3.77. The lowest BCUT2D eigenvalue weighted by molar-refractivity contribution is -0.123. The van der Waals surface area contributed by atoms with E-state index in [9.17, 15) is 9.18 Å². The molecule has 0 saturated heterocycles. The van der Waals surface area contributed by atoms with Crippen LogP contribution in [-0.2, 0) is 4.79 Å². The molecule has 2 aliphatic rings. The first kappa shape index (κ1) is 16.7. The van der Waals surface area contributed by atoms with E-state index in [0.717, 1.165) is 25.3 Å². The van der Waals surface area contributed by atoms with E-state index in [1.807, 2.05) is 0 Å². The second-order valence-electron chi connectivity index (χ2n) is 5.66. The van der Waals surface area contributed by atoms with E-state index in [4.69, 9.17) is 22.2 Å². The minimum absolute atomic E-state index is 0.0328. The van der Waals surface area contributed by atoms with Crippen LogP contribution in [0.3, 0.4) is 0 Å². The molecule has 1 fully saturated rings. The lowest BCUT2D eigenvalue weighted by Gasteiger charge is -2.34. The smallest absolute Gasteiger partial charge is 0.208 e. The maximum absolute atomic E-state index is 14.0. The van der Waals surface area contributed by atoms with Crippen LogP contribution in [0, 0.1) is 5.82 Å². The van der Waals surface area contributed by atoms with Crippen molar-refractivity contribution in [3.8, 4) is 5.75 Å². The van der Waals surface area contributed by atoms with Crippen molar-refractivity contribution in [2.45, 2.75) is 38.0 Å². The highest BCUT2D eigenvalue weighted by Gasteiger charge is 2.28. The van der Waals surface area contributed by atoms with Gasteiger partial charge in [-0.1, -0.05) is 18.0 Å². The number of aliphatic imine (C=N–C) groups is 1. The number of nitrogens with one attached hydrogen (secondary N) is 1. The van der Waals surface area contributed by atoms with Gasteiger partial charge in [-0.15, -0.1) is 0 Å². The van der Waals surface area contributed by atoms with Crippen LogP contribution in [0.15, 0.2) is 35.1 Å². The molecule has 3 rings (SSSR count). The molecule has 8 heteroatoms. The number of halogens is 2. The molecule has 2 unspecified atom stereocenters. The van der Waals surface area contributed by atoms with Crippen molar-refractivity contribution >= 4 is 23.6 Å². The summed E-state index contributed by atoms with van der Waals surface area (Å²) in [7, 11) is 0. The Kier molecular flexibility index (Phi) is 5.01. The van der Waals surface area contributed by atoms with Crippen molar-refractivity contribution in [3.05, 3.63) is 40.9 Å². The molecule has 0 bridgehead atoms. The summed E-state index contributed by atoms with van der Waals surface area (Å²) in [6.07, 6.45) is 5.49. The van der Waals surface area contributed by atoms with Gasteiger partial charge in [0.15, 0.2) is 17.3 Å². The molecule has 1 aliphatic heterocycles. The van der Waals surface area contributed by atoms with Crippen LogP contribution in [-0.4, -0.2) is 29.4 Å². The van der Waals surface area contributed by atoms with Crippen LogP contribution in [0.1, 0.15) is 25.7 Å². The fourth-order valence-corrected chi connectivity index (χ4v) is 2.82. The molecule has 128 valence electrons. The fraction of sp³-hybridized carbons (Fsp3) is 0.375. The van der Waals surface area contributed by atoms with Crippen LogP contribution >= 0.6 is 11.6 Å². The van der Waals surface area contributed by atoms with E-state index in [0.29, 0.717) is 12.2 Å². The van der Waals surface area contributed by atoms with Crippen LogP contribution in [0.2, 0.25) is 5.02 Å². The van der Waals surface area contributed by atoms with Crippen molar-refractivity contribution in [2.24, 2.45) is 10.7 Å². The van der Waals surface area contributed by atoms with Gasteiger partial charge in [0.1, 0.15) is 5.82 Å². The largest absolute Gasteiger partial charge is 0.372 e. The molecule has 1 saturated carbocycles. The highest BCUT2D eigenvalue weighted by atomic mass is 35.5. The fourth-order valence-electron chi connectivity index (χ4n) is 2.66. The van der Waals surface area contributed by atoms with Crippen LogP contribution in [0.5, 0.6) is 5.75 Å². The molecule has 1 aliphatic carbocycles. The van der Waals surface area contributed by atoms with Gasteiger partial charge in [-0.05, 0) is 37.1 Å². The third kappa shape index (κ3) is 3.68. The Morgan fingerprint density at radius 2 is 2.25 bits per heavy atom. The third-order valence-electron chi connectivity index (χ3n) is 3.92. The number of Topliss-reactive ketones (excluding diaryl/α,β-unsaturated/α-hetero) is 1. The predicted octanol–water partition coefficient (Wildman–Crippen LogP) is 2.34.